The third-order valence-electron chi connectivity index (χ3n) is 4.28. The van der Waals surface area contributed by atoms with Crippen LogP contribution in [0.4, 0.5) is 5.95 Å². The maximum absolute atomic E-state index is 12.3. The predicted molar refractivity (Wildman–Crippen MR) is 112 cm³/mol. The Morgan fingerprint density at radius 2 is 1.70 bits per heavy atom. The number of nitrogens with zero attached hydrogens (tertiary/aromatic N) is 3. The Morgan fingerprint density at radius 1 is 1.00 bits per heavy atom. The summed E-state index contributed by atoms with van der Waals surface area (Å²) in [6.45, 7) is 6.40. The van der Waals surface area contributed by atoms with Gasteiger partial charge in [0.15, 0.2) is 0 Å². The van der Waals surface area contributed by atoms with Gasteiger partial charge in [-0.1, -0.05) is 60.3 Å². The molecule has 6 heteroatoms. The molecule has 3 aromatic rings. The second-order valence-corrected chi connectivity index (χ2v) is 7.03. The van der Waals surface area contributed by atoms with Gasteiger partial charge in [0, 0.05) is 25.0 Å². The second-order valence-electron chi connectivity index (χ2n) is 6.07. The molecule has 3 rings (SSSR count). The normalized spacial score (nSPS) is 10.7. The number of thioether (sulfide) groups is 1. The van der Waals surface area contributed by atoms with E-state index in [0.29, 0.717) is 18.2 Å². The van der Waals surface area contributed by atoms with E-state index in [1.54, 1.807) is 0 Å². The molecular formula is C21H24N4OS. The number of carbonyl (C=O) groups is 1. The van der Waals surface area contributed by atoms with Crippen LogP contribution in [-0.4, -0.2) is 34.7 Å². The average molecular weight is 381 g/mol. The summed E-state index contributed by atoms with van der Waals surface area (Å²) in [5.74, 6) is 1.03. The number of rotatable bonds is 8. The fourth-order valence-electron chi connectivity index (χ4n) is 2.78. The van der Waals surface area contributed by atoms with Crippen molar-refractivity contribution in [3.63, 3.8) is 0 Å². The van der Waals surface area contributed by atoms with E-state index in [1.807, 2.05) is 54.6 Å². The number of amides is 1. The average Bonchev–Trinajstić information content (AvgIpc) is 2.72. The summed E-state index contributed by atoms with van der Waals surface area (Å²) < 4.78 is 0. The van der Waals surface area contributed by atoms with Crippen LogP contribution in [0.3, 0.4) is 0 Å². The number of para-hydroxylation sites is 1. The molecule has 0 aliphatic carbocycles. The first-order chi connectivity index (χ1) is 13.2. The van der Waals surface area contributed by atoms with Gasteiger partial charge < -0.3 is 10.2 Å². The van der Waals surface area contributed by atoms with Crippen LogP contribution < -0.4 is 10.2 Å². The van der Waals surface area contributed by atoms with Crippen LogP contribution in [0.5, 0.6) is 0 Å². The molecule has 0 bridgehead atoms. The summed E-state index contributed by atoms with van der Waals surface area (Å²) in [6.07, 6.45) is 0. The van der Waals surface area contributed by atoms with Crippen LogP contribution in [-0.2, 0) is 11.3 Å². The molecule has 1 aromatic heterocycles. The third kappa shape index (κ3) is 4.98. The van der Waals surface area contributed by atoms with Gasteiger partial charge in [0.2, 0.25) is 11.9 Å². The maximum Gasteiger partial charge on any atom is 0.230 e. The van der Waals surface area contributed by atoms with E-state index in [2.05, 4.69) is 29.0 Å². The molecule has 2 aromatic carbocycles. The SMILES string of the molecule is CCN(CC)c1nc(SCC(=O)NCc2ccccc2)c2ccccc2n1. The number of benzene rings is 2. The van der Waals surface area contributed by atoms with Gasteiger partial charge in [-0.05, 0) is 25.5 Å². The number of fused-ring (bicyclic) bond motifs is 1. The molecule has 0 fully saturated rings. The Hall–Kier alpha value is -2.60. The van der Waals surface area contributed by atoms with Crippen LogP contribution in [0, 0.1) is 0 Å². The molecule has 0 spiro atoms. The van der Waals surface area contributed by atoms with E-state index in [-0.39, 0.29) is 5.91 Å². The van der Waals surface area contributed by atoms with Crippen LogP contribution in [0.25, 0.3) is 10.9 Å². The number of aromatic nitrogens is 2. The Morgan fingerprint density at radius 3 is 2.44 bits per heavy atom. The summed E-state index contributed by atoms with van der Waals surface area (Å²) in [4.78, 5) is 23.8. The lowest BCUT2D eigenvalue weighted by atomic mass is 10.2. The van der Waals surface area contributed by atoms with Crippen molar-refractivity contribution in [3.05, 3.63) is 60.2 Å². The van der Waals surface area contributed by atoms with Gasteiger partial charge in [-0.25, -0.2) is 9.97 Å². The summed E-state index contributed by atoms with van der Waals surface area (Å²) in [5, 5.41) is 4.79. The minimum Gasteiger partial charge on any atom is -0.351 e. The monoisotopic (exact) mass is 380 g/mol. The molecule has 1 N–H and O–H groups in total. The second kappa shape index (κ2) is 9.37. The summed E-state index contributed by atoms with van der Waals surface area (Å²) in [5.41, 5.74) is 1.99. The van der Waals surface area contributed by atoms with Crippen molar-refractivity contribution >= 4 is 34.5 Å². The highest BCUT2D eigenvalue weighted by molar-refractivity contribution is 8.00. The Labute approximate surface area is 164 Å². The zero-order valence-electron chi connectivity index (χ0n) is 15.7. The third-order valence-corrected chi connectivity index (χ3v) is 5.27. The molecule has 1 heterocycles. The van der Waals surface area contributed by atoms with E-state index in [4.69, 9.17) is 4.98 Å². The lowest BCUT2D eigenvalue weighted by Gasteiger charge is -2.19. The highest BCUT2D eigenvalue weighted by atomic mass is 32.2. The molecule has 0 aliphatic rings. The Balaban J connectivity index is 1.72. The van der Waals surface area contributed by atoms with Crippen molar-refractivity contribution in [2.75, 3.05) is 23.7 Å². The molecule has 0 saturated heterocycles. The molecule has 1 amide bonds. The topological polar surface area (TPSA) is 58.1 Å². The van der Waals surface area contributed by atoms with Gasteiger partial charge in [-0.3, -0.25) is 4.79 Å². The van der Waals surface area contributed by atoms with Crippen molar-refractivity contribution in [3.8, 4) is 0 Å². The van der Waals surface area contributed by atoms with E-state index < -0.39 is 0 Å². The molecule has 0 radical (unpaired) electrons. The molecule has 0 aliphatic heterocycles. The Bertz CT molecular complexity index is 897. The fourth-order valence-corrected chi connectivity index (χ4v) is 3.62. The zero-order valence-corrected chi connectivity index (χ0v) is 16.5. The number of anilines is 1. The van der Waals surface area contributed by atoms with Crippen LogP contribution in [0.2, 0.25) is 0 Å². The largest absolute Gasteiger partial charge is 0.351 e. The van der Waals surface area contributed by atoms with Crippen molar-refractivity contribution in [1.29, 1.82) is 0 Å². The predicted octanol–water partition coefficient (Wildman–Crippen LogP) is 3.88. The lowest BCUT2D eigenvalue weighted by molar-refractivity contribution is -0.118. The van der Waals surface area contributed by atoms with Crippen molar-refractivity contribution < 1.29 is 4.79 Å². The number of hydrogen-bond donors (Lipinski definition) is 1. The van der Waals surface area contributed by atoms with Crippen molar-refractivity contribution in [1.82, 2.24) is 15.3 Å². The highest BCUT2D eigenvalue weighted by Gasteiger charge is 2.13. The van der Waals surface area contributed by atoms with Gasteiger partial charge in [0.05, 0.1) is 11.3 Å². The van der Waals surface area contributed by atoms with Gasteiger partial charge in [0.25, 0.3) is 0 Å². The zero-order chi connectivity index (χ0) is 19.1. The van der Waals surface area contributed by atoms with Crippen molar-refractivity contribution in [2.45, 2.75) is 25.4 Å². The van der Waals surface area contributed by atoms with Gasteiger partial charge in [-0.15, -0.1) is 0 Å². The maximum atomic E-state index is 12.3. The first kappa shape index (κ1) is 19.2. The van der Waals surface area contributed by atoms with E-state index >= 15 is 0 Å². The standard InChI is InChI=1S/C21H24N4OS/c1-3-25(4-2)21-23-18-13-9-8-12-17(18)20(24-21)27-15-19(26)22-14-16-10-6-5-7-11-16/h5-13H,3-4,14-15H2,1-2H3,(H,22,26). The van der Waals surface area contributed by atoms with Gasteiger partial charge >= 0.3 is 0 Å². The molecule has 5 nitrogen and oxygen atoms in total. The smallest absolute Gasteiger partial charge is 0.230 e. The number of hydrogen-bond acceptors (Lipinski definition) is 5. The molecular weight excluding hydrogens is 356 g/mol. The van der Waals surface area contributed by atoms with Gasteiger partial charge in [-0.2, -0.15) is 0 Å². The van der Waals surface area contributed by atoms with Crippen LogP contribution in [0.15, 0.2) is 59.6 Å². The van der Waals surface area contributed by atoms with Crippen LogP contribution in [0.1, 0.15) is 19.4 Å². The minimum atomic E-state index is -0.00376. The first-order valence-electron chi connectivity index (χ1n) is 9.16. The Kier molecular flexibility index (Phi) is 6.65. The lowest BCUT2D eigenvalue weighted by Crippen LogP contribution is -2.25. The highest BCUT2D eigenvalue weighted by Crippen LogP contribution is 2.27. The van der Waals surface area contributed by atoms with Crippen molar-refractivity contribution in [2.24, 2.45) is 0 Å². The first-order valence-corrected chi connectivity index (χ1v) is 10.1. The minimum absolute atomic E-state index is 0.00376. The fraction of sp³-hybridized carbons (Fsp3) is 0.286. The summed E-state index contributed by atoms with van der Waals surface area (Å²) in [7, 11) is 0. The van der Waals surface area contributed by atoms with E-state index in [0.717, 1.165) is 34.6 Å². The molecule has 27 heavy (non-hydrogen) atoms. The van der Waals surface area contributed by atoms with E-state index in [9.17, 15) is 4.79 Å². The summed E-state index contributed by atoms with van der Waals surface area (Å²) in [6, 6.07) is 17.9. The quantitative estimate of drug-likeness (QED) is 0.475. The number of nitrogens with one attached hydrogen (secondary N) is 1. The molecule has 0 saturated carbocycles. The molecule has 0 atom stereocenters. The van der Waals surface area contributed by atoms with Crippen LogP contribution >= 0.6 is 11.8 Å². The number of carbonyl (C=O) groups excluding carboxylic acids is 1. The van der Waals surface area contributed by atoms with E-state index in [1.165, 1.54) is 11.8 Å². The molecule has 0 unspecified atom stereocenters. The van der Waals surface area contributed by atoms with Gasteiger partial charge in [0.1, 0.15) is 5.03 Å². The molecule has 140 valence electrons. The summed E-state index contributed by atoms with van der Waals surface area (Å²) >= 11 is 1.46.